The molecule has 2 heterocycles. The quantitative estimate of drug-likeness (QED) is 0.879. The molecular formula is C17H24N4O3. The van der Waals surface area contributed by atoms with E-state index in [2.05, 4.69) is 10.4 Å². The molecule has 24 heavy (non-hydrogen) atoms. The number of aryl methyl sites for hydroxylation is 1. The summed E-state index contributed by atoms with van der Waals surface area (Å²) < 4.78 is 1.13. The number of hydrogen-bond acceptors (Lipinski definition) is 4. The summed E-state index contributed by atoms with van der Waals surface area (Å²) in [6.07, 6.45) is 6.54. The second-order valence-corrected chi connectivity index (χ2v) is 6.86. The molecule has 7 heteroatoms. The minimum absolute atomic E-state index is 0.110. The van der Waals surface area contributed by atoms with E-state index in [0.29, 0.717) is 18.9 Å². The molecule has 1 N–H and O–H groups in total. The molecule has 1 aliphatic carbocycles. The number of rotatable bonds is 4. The molecule has 1 aliphatic heterocycles. The van der Waals surface area contributed by atoms with Crippen LogP contribution in [0.1, 0.15) is 49.0 Å². The van der Waals surface area contributed by atoms with E-state index in [4.69, 9.17) is 0 Å². The van der Waals surface area contributed by atoms with Gasteiger partial charge in [-0.2, -0.15) is 5.10 Å². The molecule has 0 spiro atoms. The van der Waals surface area contributed by atoms with E-state index in [1.807, 2.05) is 4.90 Å². The van der Waals surface area contributed by atoms with Gasteiger partial charge in [0.2, 0.25) is 5.91 Å². The molecule has 2 amide bonds. The molecule has 2 aliphatic rings. The number of carbonyl (C=O) groups is 2. The third-order valence-corrected chi connectivity index (χ3v) is 4.95. The van der Waals surface area contributed by atoms with Crippen LogP contribution in [-0.4, -0.2) is 45.6 Å². The lowest BCUT2D eigenvalue weighted by Gasteiger charge is -2.27. The zero-order valence-electron chi connectivity index (χ0n) is 14.0. The van der Waals surface area contributed by atoms with Crippen molar-refractivity contribution < 1.29 is 9.59 Å². The summed E-state index contributed by atoms with van der Waals surface area (Å²) in [5, 5.41) is 6.80. The van der Waals surface area contributed by atoms with Gasteiger partial charge >= 0.3 is 0 Å². The average Bonchev–Trinajstić information content (AvgIpc) is 2.90. The second-order valence-electron chi connectivity index (χ2n) is 6.86. The highest BCUT2D eigenvalue weighted by Gasteiger charge is 2.32. The van der Waals surface area contributed by atoms with Gasteiger partial charge in [-0.3, -0.25) is 14.4 Å². The van der Waals surface area contributed by atoms with Crippen LogP contribution < -0.4 is 10.9 Å². The summed E-state index contributed by atoms with van der Waals surface area (Å²) >= 11 is 0. The number of carbonyl (C=O) groups excluding carboxylic acids is 2. The summed E-state index contributed by atoms with van der Waals surface area (Å²) in [5.74, 6) is 0.365. The van der Waals surface area contributed by atoms with Crippen LogP contribution in [0.2, 0.25) is 0 Å². The Kier molecular flexibility index (Phi) is 4.97. The predicted octanol–water partition coefficient (Wildman–Crippen LogP) is 0.691. The van der Waals surface area contributed by atoms with Crippen molar-refractivity contribution in [2.24, 2.45) is 13.0 Å². The SMILES string of the molecule is Cn1nc(C(=O)NC2CC(=O)N(CC3CCCCC3)C2)ccc1=O. The van der Waals surface area contributed by atoms with Crippen molar-refractivity contribution in [1.29, 1.82) is 0 Å². The van der Waals surface area contributed by atoms with Gasteiger partial charge in [-0.05, 0) is 24.8 Å². The maximum atomic E-state index is 12.2. The standard InChI is InChI=1S/C17H24N4O3/c1-20-15(22)8-7-14(19-20)17(24)18-13-9-16(23)21(11-13)10-12-5-3-2-4-6-12/h7-8,12-13H,2-6,9-11H2,1H3,(H,18,24). The van der Waals surface area contributed by atoms with Gasteiger partial charge in [0.15, 0.2) is 0 Å². The Balaban J connectivity index is 1.56. The van der Waals surface area contributed by atoms with E-state index in [1.54, 1.807) is 0 Å². The van der Waals surface area contributed by atoms with Gasteiger partial charge < -0.3 is 10.2 Å². The van der Waals surface area contributed by atoms with Gasteiger partial charge in [0.05, 0.1) is 6.04 Å². The van der Waals surface area contributed by atoms with E-state index in [0.717, 1.165) is 11.2 Å². The second kappa shape index (κ2) is 7.15. The Hall–Kier alpha value is -2.18. The van der Waals surface area contributed by atoms with Crippen molar-refractivity contribution in [1.82, 2.24) is 20.0 Å². The maximum Gasteiger partial charge on any atom is 0.272 e. The highest BCUT2D eigenvalue weighted by Crippen LogP contribution is 2.26. The molecule has 1 atom stereocenters. The fourth-order valence-corrected chi connectivity index (χ4v) is 3.61. The average molecular weight is 332 g/mol. The van der Waals surface area contributed by atoms with E-state index in [9.17, 15) is 14.4 Å². The first-order chi connectivity index (χ1) is 11.5. The van der Waals surface area contributed by atoms with Crippen LogP contribution in [0.3, 0.4) is 0 Å². The number of likely N-dealkylation sites (tertiary alicyclic amines) is 1. The topological polar surface area (TPSA) is 84.3 Å². The van der Waals surface area contributed by atoms with Crippen molar-refractivity contribution in [3.63, 3.8) is 0 Å². The molecule has 1 aromatic heterocycles. The lowest BCUT2D eigenvalue weighted by molar-refractivity contribution is -0.128. The molecule has 0 radical (unpaired) electrons. The van der Waals surface area contributed by atoms with Gasteiger partial charge in [-0.25, -0.2) is 4.68 Å². The summed E-state index contributed by atoms with van der Waals surface area (Å²) in [6, 6.07) is 2.54. The number of nitrogens with one attached hydrogen (secondary N) is 1. The molecule has 7 nitrogen and oxygen atoms in total. The Morgan fingerprint density at radius 2 is 2.00 bits per heavy atom. The largest absolute Gasteiger partial charge is 0.346 e. The van der Waals surface area contributed by atoms with Crippen LogP contribution in [0.15, 0.2) is 16.9 Å². The first-order valence-corrected chi connectivity index (χ1v) is 8.66. The van der Waals surface area contributed by atoms with Crippen LogP contribution in [0, 0.1) is 5.92 Å². The third kappa shape index (κ3) is 3.83. The van der Waals surface area contributed by atoms with Gasteiger partial charge in [0.1, 0.15) is 5.69 Å². The van der Waals surface area contributed by atoms with E-state index in [-0.39, 0.29) is 29.1 Å². The number of nitrogens with zero attached hydrogens (tertiary/aromatic N) is 3. The van der Waals surface area contributed by atoms with E-state index < -0.39 is 0 Å². The third-order valence-electron chi connectivity index (χ3n) is 4.95. The van der Waals surface area contributed by atoms with Gasteiger partial charge in [0.25, 0.3) is 11.5 Å². The van der Waals surface area contributed by atoms with Crippen LogP contribution in [-0.2, 0) is 11.8 Å². The molecule has 0 aromatic carbocycles. The molecule has 3 rings (SSSR count). The van der Waals surface area contributed by atoms with E-state index >= 15 is 0 Å². The zero-order valence-corrected chi connectivity index (χ0v) is 14.0. The lowest BCUT2D eigenvalue weighted by Crippen LogP contribution is -2.39. The Bertz CT molecular complexity index is 679. The fourth-order valence-electron chi connectivity index (χ4n) is 3.61. The summed E-state index contributed by atoms with van der Waals surface area (Å²) in [4.78, 5) is 37.7. The van der Waals surface area contributed by atoms with Crippen LogP contribution in [0.5, 0.6) is 0 Å². The normalized spacial score (nSPS) is 22.0. The first kappa shape index (κ1) is 16.7. The summed E-state index contributed by atoms with van der Waals surface area (Å²) in [5.41, 5.74) is -0.0727. The molecule has 1 saturated heterocycles. The van der Waals surface area contributed by atoms with Crippen molar-refractivity contribution in [2.45, 2.75) is 44.6 Å². The Morgan fingerprint density at radius 3 is 2.71 bits per heavy atom. The van der Waals surface area contributed by atoms with Crippen molar-refractivity contribution in [3.05, 3.63) is 28.2 Å². The summed E-state index contributed by atoms with van der Waals surface area (Å²) in [7, 11) is 1.50. The predicted molar refractivity (Wildman–Crippen MR) is 88.5 cm³/mol. The molecule has 1 saturated carbocycles. The molecule has 2 fully saturated rings. The van der Waals surface area contributed by atoms with Crippen LogP contribution in [0.4, 0.5) is 0 Å². The number of aromatic nitrogens is 2. The molecule has 1 aromatic rings. The van der Waals surface area contributed by atoms with E-state index in [1.165, 1.54) is 51.3 Å². The number of amides is 2. The Morgan fingerprint density at radius 1 is 1.25 bits per heavy atom. The number of hydrogen-bond donors (Lipinski definition) is 1. The van der Waals surface area contributed by atoms with Gasteiger partial charge in [0, 0.05) is 32.6 Å². The fraction of sp³-hybridized carbons (Fsp3) is 0.647. The molecule has 1 unspecified atom stereocenters. The highest BCUT2D eigenvalue weighted by atomic mass is 16.2. The molecule has 130 valence electrons. The van der Waals surface area contributed by atoms with Gasteiger partial charge in [-0.1, -0.05) is 19.3 Å². The monoisotopic (exact) mass is 332 g/mol. The zero-order chi connectivity index (χ0) is 17.1. The minimum atomic E-state index is -0.345. The molecule has 0 bridgehead atoms. The Labute approximate surface area is 141 Å². The summed E-state index contributed by atoms with van der Waals surface area (Å²) in [6.45, 7) is 1.37. The smallest absolute Gasteiger partial charge is 0.272 e. The van der Waals surface area contributed by atoms with Crippen LogP contribution in [0.25, 0.3) is 0 Å². The van der Waals surface area contributed by atoms with Crippen molar-refractivity contribution in [2.75, 3.05) is 13.1 Å². The van der Waals surface area contributed by atoms with Crippen LogP contribution >= 0.6 is 0 Å². The van der Waals surface area contributed by atoms with Gasteiger partial charge in [-0.15, -0.1) is 0 Å². The highest BCUT2D eigenvalue weighted by molar-refractivity contribution is 5.93. The first-order valence-electron chi connectivity index (χ1n) is 8.66. The lowest BCUT2D eigenvalue weighted by atomic mass is 9.89. The minimum Gasteiger partial charge on any atom is -0.346 e. The maximum absolute atomic E-state index is 12.2. The molecular weight excluding hydrogens is 308 g/mol. The van der Waals surface area contributed by atoms with Crippen molar-refractivity contribution in [3.8, 4) is 0 Å². The van der Waals surface area contributed by atoms with Crippen molar-refractivity contribution >= 4 is 11.8 Å².